The van der Waals surface area contributed by atoms with Crippen LogP contribution in [0, 0.1) is 10.1 Å². The van der Waals surface area contributed by atoms with Crippen LogP contribution in [-0.2, 0) is 6.54 Å². The fourth-order valence-corrected chi connectivity index (χ4v) is 2.31. The Hall–Kier alpha value is -2.41. The molecule has 0 saturated carbocycles. The van der Waals surface area contributed by atoms with Gasteiger partial charge in [0.1, 0.15) is 0 Å². The van der Waals surface area contributed by atoms with E-state index < -0.39 is 4.92 Å². The predicted octanol–water partition coefficient (Wildman–Crippen LogP) is 1.64. The molecule has 0 atom stereocenters. The van der Waals surface area contributed by atoms with Crippen molar-refractivity contribution < 1.29 is 19.1 Å². The molecule has 2 aromatic rings. The second kappa shape index (κ2) is 5.49. The summed E-state index contributed by atoms with van der Waals surface area (Å²) >= 11 is 1.04. The summed E-state index contributed by atoms with van der Waals surface area (Å²) in [5.74, 6) is -0.230. The van der Waals surface area contributed by atoms with Crippen molar-refractivity contribution in [1.29, 1.82) is 0 Å². The van der Waals surface area contributed by atoms with Gasteiger partial charge in [-0.3, -0.25) is 19.7 Å². The number of thiophene rings is 1. The predicted molar refractivity (Wildman–Crippen MR) is 67.3 cm³/mol. The van der Waals surface area contributed by atoms with E-state index in [9.17, 15) is 19.7 Å². The second-order valence-electron chi connectivity index (χ2n) is 3.78. The van der Waals surface area contributed by atoms with Crippen molar-refractivity contribution in [2.24, 2.45) is 0 Å². The minimum Gasteiger partial charge on any atom is -0.298 e. The Morgan fingerprint density at radius 2 is 2.32 bits per heavy atom. The molecule has 96 valence electrons. The highest BCUT2D eigenvalue weighted by molar-refractivity contribution is 7.12. The maximum Gasteiger partial charge on any atom is 0.280 e. The zero-order valence-corrected chi connectivity index (χ0v) is 10.5. The smallest absolute Gasteiger partial charge is 0.280 e. The molecular formula is C12H9N2O4S+. The Labute approximate surface area is 112 Å². The van der Waals surface area contributed by atoms with Gasteiger partial charge in [0, 0.05) is 12.1 Å². The summed E-state index contributed by atoms with van der Waals surface area (Å²) in [7, 11) is 0. The van der Waals surface area contributed by atoms with E-state index >= 15 is 0 Å². The number of aldehydes is 1. The molecule has 2 rings (SSSR count). The molecule has 0 unspecified atom stereocenters. The van der Waals surface area contributed by atoms with E-state index in [1.807, 2.05) is 0 Å². The molecule has 0 bridgehead atoms. The molecule has 7 heteroatoms. The summed E-state index contributed by atoms with van der Waals surface area (Å²) in [4.78, 5) is 32.9. The van der Waals surface area contributed by atoms with Crippen molar-refractivity contribution in [1.82, 2.24) is 0 Å². The fourth-order valence-electron chi connectivity index (χ4n) is 1.52. The third-order valence-corrected chi connectivity index (χ3v) is 3.37. The molecular weight excluding hydrogens is 268 g/mol. The van der Waals surface area contributed by atoms with Gasteiger partial charge in [0.05, 0.1) is 20.7 Å². The van der Waals surface area contributed by atoms with Gasteiger partial charge in [-0.15, -0.1) is 11.3 Å². The van der Waals surface area contributed by atoms with Crippen LogP contribution in [0.15, 0.2) is 36.0 Å². The molecule has 6 nitrogen and oxygen atoms in total. The lowest BCUT2D eigenvalue weighted by Crippen LogP contribution is -2.37. The number of ketones is 1. The molecule has 2 aromatic heterocycles. The van der Waals surface area contributed by atoms with Crippen LogP contribution in [-0.4, -0.2) is 17.0 Å². The number of rotatable bonds is 5. The molecule has 0 amide bonds. The number of hydrogen-bond donors (Lipinski definition) is 0. The van der Waals surface area contributed by atoms with Crippen molar-refractivity contribution in [3.8, 4) is 0 Å². The van der Waals surface area contributed by atoms with Crippen LogP contribution in [0.25, 0.3) is 0 Å². The summed E-state index contributed by atoms with van der Waals surface area (Å²) in [6.45, 7) is 0.0410. The van der Waals surface area contributed by atoms with Gasteiger partial charge < -0.3 is 0 Å². The average Bonchev–Trinajstić information content (AvgIpc) is 2.89. The zero-order chi connectivity index (χ0) is 13.8. The summed E-state index contributed by atoms with van der Waals surface area (Å²) in [6.07, 6.45) is 3.90. The normalized spacial score (nSPS) is 10.1. The van der Waals surface area contributed by atoms with Crippen LogP contribution in [0.4, 0.5) is 5.69 Å². The second-order valence-corrected chi connectivity index (χ2v) is 4.69. The van der Waals surface area contributed by atoms with Gasteiger partial charge in [-0.05, 0) is 6.07 Å². The van der Waals surface area contributed by atoms with Gasteiger partial charge >= 0.3 is 0 Å². The number of pyridine rings is 1. The minimum absolute atomic E-state index is 0.0410. The van der Waals surface area contributed by atoms with Gasteiger partial charge in [-0.25, -0.2) is 0 Å². The summed E-state index contributed by atoms with van der Waals surface area (Å²) in [5.41, 5.74) is 0.382. The first-order valence-corrected chi connectivity index (χ1v) is 6.18. The van der Waals surface area contributed by atoms with Crippen molar-refractivity contribution >= 4 is 29.1 Å². The number of nitro groups is 1. The molecule has 0 aromatic carbocycles. The third-order valence-electron chi connectivity index (χ3n) is 2.41. The summed E-state index contributed by atoms with van der Waals surface area (Å²) < 4.78 is 1.57. The minimum atomic E-state index is -0.534. The molecule has 0 fully saturated rings. The Bertz CT molecular complexity index is 651. The number of carbonyl (C=O) groups is 2. The number of Topliss-reactive ketones (excluding diaryl/α,β-unsaturated/α-hetero) is 1. The molecule has 0 spiro atoms. The lowest BCUT2D eigenvalue weighted by atomic mass is 10.2. The van der Waals surface area contributed by atoms with Gasteiger partial charge in [-0.1, -0.05) is 0 Å². The molecule has 0 aliphatic rings. The standard InChI is InChI=1S/C12H9N2O4S/c15-7-9-2-1-3-13(5-9)6-11(16)12-4-10(8-19-12)14(17)18/h1-5,7-8H,6H2/q+1. The quantitative estimate of drug-likeness (QED) is 0.273. The topological polar surface area (TPSA) is 81.2 Å². The van der Waals surface area contributed by atoms with Crippen LogP contribution in [0.5, 0.6) is 0 Å². The molecule has 0 N–H and O–H groups in total. The van der Waals surface area contributed by atoms with Crippen molar-refractivity contribution in [3.63, 3.8) is 0 Å². The van der Waals surface area contributed by atoms with E-state index in [0.29, 0.717) is 16.7 Å². The molecule has 19 heavy (non-hydrogen) atoms. The third kappa shape index (κ3) is 3.08. The SMILES string of the molecule is O=Cc1ccc[n+](CC(=O)c2cc([N+](=O)[O-])cs2)c1. The van der Waals surface area contributed by atoms with Crippen molar-refractivity contribution in [2.45, 2.75) is 6.54 Å². The van der Waals surface area contributed by atoms with Crippen LogP contribution < -0.4 is 4.57 Å². The molecule has 0 saturated heterocycles. The average molecular weight is 277 g/mol. The summed E-state index contributed by atoms with van der Waals surface area (Å²) in [5, 5.41) is 11.9. The molecule has 0 aliphatic carbocycles. The Kier molecular flexibility index (Phi) is 3.76. The van der Waals surface area contributed by atoms with Crippen LogP contribution >= 0.6 is 11.3 Å². The lowest BCUT2D eigenvalue weighted by molar-refractivity contribution is -0.683. The van der Waals surface area contributed by atoms with Gasteiger partial charge in [0.25, 0.3) is 5.69 Å². The van der Waals surface area contributed by atoms with E-state index in [1.165, 1.54) is 11.4 Å². The van der Waals surface area contributed by atoms with Crippen molar-refractivity contribution in [2.75, 3.05) is 0 Å². The first-order valence-electron chi connectivity index (χ1n) is 5.30. The van der Waals surface area contributed by atoms with Crippen LogP contribution in [0.3, 0.4) is 0 Å². The number of carbonyl (C=O) groups excluding carboxylic acids is 2. The first-order chi connectivity index (χ1) is 9.10. The maximum atomic E-state index is 11.9. The van der Waals surface area contributed by atoms with Gasteiger partial charge in [0.2, 0.25) is 12.3 Å². The first kappa shape index (κ1) is 13.0. The summed E-state index contributed by atoms with van der Waals surface area (Å²) in [6, 6.07) is 4.55. The van der Waals surface area contributed by atoms with Gasteiger partial charge in [0.15, 0.2) is 18.7 Å². The highest BCUT2D eigenvalue weighted by Gasteiger charge is 2.18. The Balaban J connectivity index is 2.15. The lowest BCUT2D eigenvalue weighted by Gasteiger charge is -1.95. The monoisotopic (exact) mass is 277 g/mol. The number of hydrogen-bond acceptors (Lipinski definition) is 5. The van der Waals surface area contributed by atoms with Gasteiger partial charge in [-0.2, -0.15) is 4.57 Å². The van der Waals surface area contributed by atoms with E-state index in [0.717, 1.165) is 11.3 Å². The fraction of sp³-hybridized carbons (Fsp3) is 0.0833. The Morgan fingerprint density at radius 3 is 2.95 bits per heavy atom. The highest BCUT2D eigenvalue weighted by Crippen LogP contribution is 2.21. The number of aromatic nitrogens is 1. The van der Waals surface area contributed by atoms with Crippen LogP contribution in [0.2, 0.25) is 0 Å². The highest BCUT2D eigenvalue weighted by atomic mass is 32.1. The van der Waals surface area contributed by atoms with E-state index in [-0.39, 0.29) is 18.0 Å². The largest absolute Gasteiger partial charge is 0.298 e. The maximum absolute atomic E-state index is 11.9. The van der Waals surface area contributed by atoms with E-state index in [1.54, 1.807) is 29.1 Å². The van der Waals surface area contributed by atoms with E-state index in [4.69, 9.17) is 0 Å². The zero-order valence-electron chi connectivity index (χ0n) is 9.68. The van der Waals surface area contributed by atoms with E-state index in [2.05, 4.69) is 0 Å². The Morgan fingerprint density at radius 1 is 1.53 bits per heavy atom. The van der Waals surface area contributed by atoms with Crippen LogP contribution in [0.1, 0.15) is 20.0 Å². The molecule has 2 heterocycles. The molecule has 0 radical (unpaired) electrons. The number of nitrogens with zero attached hydrogens (tertiary/aromatic N) is 2. The molecule has 0 aliphatic heterocycles. The van der Waals surface area contributed by atoms with Crippen molar-refractivity contribution in [3.05, 3.63) is 56.5 Å².